The number of likely N-dealkylation sites (N-methyl/N-ethyl adjacent to an activating group) is 1. The quantitative estimate of drug-likeness (QED) is 0.889. The van der Waals surface area contributed by atoms with Gasteiger partial charge in [0.15, 0.2) is 0 Å². The fourth-order valence-electron chi connectivity index (χ4n) is 2.39. The predicted octanol–water partition coefficient (Wildman–Crippen LogP) is 1.74. The van der Waals surface area contributed by atoms with Crippen LogP contribution in [0.2, 0.25) is 0 Å². The van der Waals surface area contributed by atoms with Crippen LogP contribution >= 0.6 is 0 Å². The van der Waals surface area contributed by atoms with E-state index in [9.17, 15) is 0 Å². The van der Waals surface area contributed by atoms with Crippen LogP contribution in [0.15, 0.2) is 42.9 Å². The summed E-state index contributed by atoms with van der Waals surface area (Å²) in [6.45, 7) is 0. The number of hydrogen-bond donors (Lipinski definition) is 1. The van der Waals surface area contributed by atoms with Crippen LogP contribution in [0, 0.1) is 0 Å². The first-order chi connectivity index (χ1) is 8.88. The number of fused-ring (bicyclic) bond motifs is 1. The standard InChI is InChI=1S/C14H15N3O/c1-15-14(11-9-16-6-7-17-11)13-8-10-4-2-3-5-12(10)18-13/h2-7,9,13-15H,8H2,1H3. The van der Waals surface area contributed by atoms with E-state index in [2.05, 4.69) is 21.4 Å². The van der Waals surface area contributed by atoms with Gasteiger partial charge in [-0.25, -0.2) is 0 Å². The van der Waals surface area contributed by atoms with Crippen molar-refractivity contribution in [2.24, 2.45) is 0 Å². The van der Waals surface area contributed by atoms with Gasteiger partial charge in [0.25, 0.3) is 0 Å². The molecule has 18 heavy (non-hydrogen) atoms. The molecular formula is C14H15N3O. The molecule has 0 spiro atoms. The molecule has 1 aliphatic rings. The van der Waals surface area contributed by atoms with Crippen LogP contribution in [-0.4, -0.2) is 23.1 Å². The molecule has 1 aromatic heterocycles. The molecule has 0 radical (unpaired) electrons. The molecular weight excluding hydrogens is 226 g/mol. The van der Waals surface area contributed by atoms with Crippen LogP contribution in [0.5, 0.6) is 5.75 Å². The lowest BCUT2D eigenvalue weighted by atomic mass is 10.0. The molecule has 4 nitrogen and oxygen atoms in total. The van der Waals surface area contributed by atoms with Crippen LogP contribution < -0.4 is 10.1 Å². The van der Waals surface area contributed by atoms with Crippen LogP contribution in [0.1, 0.15) is 17.3 Å². The monoisotopic (exact) mass is 241 g/mol. The minimum absolute atomic E-state index is 0.0612. The molecule has 4 heteroatoms. The molecule has 0 saturated heterocycles. The van der Waals surface area contributed by atoms with E-state index >= 15 is 0 Å². The molecule has 1 aliphatic heterocycles. The molecule has 0 bridgehead atoms. The van der Waals surface area contributed by atoms with Crippen molar-refractivity contribution in [3.8, 4) is 5.75 Å². The smallest absolute Gasteiger partial charge is 0.124 e. The maximum atomic E-state index is 5.98. The first-order valence-electron chi connectivity index (χ1n) is 6.06. The first kappa shape index (κ1) is 11.2. The highest BCUT2D eigenvalue weighted by molar-refractivity contribution is 5.38. The second-order valence-electron chi connectivity index (χ2n) is 4.36. The van der Waals surface area contributed by atoms with Crippen molar-refractivity contribution in [1.82, 2.24) is 15.3 Å². The van der Waals surface area contributed by atoms with Gasteiger partial charge in [-0.15, -0.1) is 0 Å². The highest BCUT2D eigenvalue weighted by Gasteiger charge is 2.31. The van der Waals surface area contributed by atoms with E-state index < -0.39 is 0 Å². The highest BCUT2D eigenvalue weighted by atomic mass is 16.5. The van der Waals surface area contributed by atoms with Gasteiger partial charge in [0, 0.05) is 18.8 Å². The third-order valence-electron chi connectivity index (χ3n) is 3.26. The number of nitrogens with zero attached hydrogens (tertiary/aromatic N) is 2. The van der Waals surface area contributed by atoms with Crippen molar-refractivity contribution in [3.63, 3.8) is 0 Å². The van der Waals surface area contributed by atoms with Gasteiger partial charge in [0.1, 0.15) is 11.9 Å². The summed E-state index contributed by atoms with van der Waals surface area (Å²) in [4.78, 5) is 8.47. The summed E-state index contributed by atoms with van der Waals surface area (Å²) in [5.74, 6) is 0.978. The fourth-order valence-corrected chi connectivity index (χ4v) is 2.39. The van der Waals surface area contributed by atoms with Crippen LogP contribution in [0.3, 0.4) is 0 Å². The molecule has 2 aromatic rings. The van der Waals surface area contributed by atoms with E-state index in [1.54, 1.807) is 18.6 Å². The van der Waals surface area contributed by atoms with E-state index in [-0.39, 0.29) is 12.1 Å². The molecule has 0 saturated carbocycles. The van der Waals surface area contributed by atoms with Gasteiger partial charge in [0.05, 0.1) is 17.9 Å². The maximum absolute atomic E-state index is 5.98. The first-order valence-corrected chi connectivity index (χ1v) is 6.06. The Kier molecular flexibility index (Phi) is 2.94. The van der Waals surface area contributed by atoms with Crippen LogP contribution in [0.25, 0.3) is 0 Å². The Morgan fingerprint density at radius 2 is 2.22 bits per heavy atom. The van der Waals surface area contributed by atoms with Crippen molar-refractivity contribution in [1.29, 1.82) is 0 Å². The van der Waals surface area contributed by atoms with Crippen molar-refractivity contribution in [2.75, 3.05) is 7.05 Å². The second-order valence-corrected chi connectivity index (χ2v) is 4.36. The van der Waals surface area contributed by atoms with Crippen molar-refractivity contribution < 1.29 is 4.74 Å². The van der Waals surface area contributed by atoms with Crippen LogP contribution in [0.4, 0.5) is 0 Å². The SMILES string of the molecule is CNC(c1cnccn1)C1Cc2ccccc2O1. The summed E-state index contributed by atoms with van der Waals surface area (Å²) in [5.41, 5.74) is 2.17. The van der Waals surface area contributed by atoms with Gasteiger partial charge in [-0.05, 0) is 18.7 Å². The number of rotatable bonds is 3. The molecule has 1 N–H and O–H groups in total. The number of hydrogen-bond acceptors (Lipinski definition) is 4. The third-order valence-corrected chi connectivity index (χ3v) is 3.26. The molecule has 2 heterocycles. The maximum Gasteiger partial charge on any atom is 0.124 e. The molecule has 0 aliphatic carbocycles. The number of aromatic nitrogens is 2. The van der Waals surface area contributed by atoms with Gasteiger partial charge >= 0.3 is 0 Å². The topological polar surface area (TPSA) is 47.0 Å². The van der Waals surface area contributed by atoms with E-state index in [4.69, 9.17) is 4.74 Å². The highest BCUT2D eigenvalue weighted by Crippen LogP contribution is 2.33. The zero-order valence-electron chi connectivity index (χ0n) is 10.2. The van der Waals surface area contributed by atoms with Gasteiger partial charge in [-0.1, -0.05) is 18.2 Å². The average molecular weight is 241 g/mol. The van der Waals surface area contributed by atoms with Gasteiger partial charge in [-0.3, -0.25) is 9.97 Å². The number of para-hydroxylation sites is 1. The molecule has 2 atom stereocenters. The fraction of sp³-hybridized carbons (Fsp3) is 0.286. The Bertz CT molecular complexity index is 505. The number of ether oxygens (including phenoxy) is 1. The molecule has 1 aromatic carbocycles. The summed E-state index contributed by atoms with van der Waals surface area (Å²) in [6.07, 6.45) is 6.15. The van der Waals surface area contributed by atoms with Gasteiger partial charge < -0.3 is 10.1 Å². The van der Waals surface area contributed by atoms with E-state index in [0.717, 1.165) is 17.9 Å². The normalized spacial score (nSPS) is 19.1. The predicted molar refractivity (Wildman–Crippen MR) is 68.4 cm³/mol. The summed E-state index contributed by atoms with van der Waals surface area (Å²) in [7, 11) is 1.92. The van der Waals surface area contributed by atoms with E-state index in [1.807, 2.05) is 25.2 Å². The molecule has 0 fully saturated rings. The van der Waals surface area contributed by atoms with Crippen molar-refractivity contribution in [2.45, 2.75) is 18.6 Å². The number of nitrogens with one attached hydrogen (secondary N) is 1. The minimum atomic E-state index is 0.0612. The zero-order valence-corrected chi connectivity index (χ0v) is 10.2. The van der Waals surface area contributed by atoms with Crippen molar-refractivity contribution >= 4 is 0 Å². The number of benzene rings is 1. The third kappa shape index (κ3) is 1.95. The molecule has 3 rings (SSSR count). The lowest BCUT2D eigenvalue weighted by Gasteiger charge is -2.21. The van der Waals surface area contributed by atoms with Crippen LogP contribution in [-0.2, 0) is 6.42 Å². The lowest BCUT2D eigenvalue weighted by molar-refractivity contribution is 0.181. The molecule has 2 unspecified atom stereocenters. The molecule has 0 amide bonds. The average Bonchev–Trinajstić information content (AvgIpc) is 2.84. The van der Waals surface area contributed by atoms with E-state index in [0.29, 0.717) is 0 Å². The summed E-state index contributed by atoms with van der Waals surface area (Å²) in [6, 6.07) is 8.22. The Morgan fingerprint density at radius 3 is 2.94 bits per heavy atom. The zero-order chi connectivity index (χ0) is 12.4. The summed E-state index contributed by atoms with van der Waals surface area (Å²) < 4.78 is 5.98. The second kappa shape index (κ2) is 4.74. The Labute approximate surface area is 106 Å². The van der Waals surface area contributed by atoms with Crippen molar-refractivity contribution in [3.05, 3.63) is 54.1 Å². The van der Waals surface area contributed by atoms with E-state index in [1.165, 1.54) is 5.56 Å². The minimum Gasteiger partial charge on any atom is -0.488 e. The lowest BCUT2D eigenvalue weighted by Crippen LogP contribution is -2.33. The largest absolute Gasteiger partial charge is 0.488 e. The summed E-state index contributed by atoms with van der Waals surface area (Å²) in [5, 5.41) is 3.27. The Hall–Kier alpha value is -1.94. The molecule has 92 valence electrons. The van der Waals surface area contributed by atoms with Gasteiger partial charge in [0.2, 0.25) is 0 Å². The Balaban J connectivity index is 1.84. The van der Waals surface area contributed by atoms with Gasteiger partial charge in [-0.2, -0.15) is 0 Å². The summed E-state index contributed by atoms with van der Waals surface area (Å²) >= 11 is 0. The Morgan fingerprint density at radius 1 is 1.33 bits per heavy atom.